The van der Waals surface area contributed by atoms with Crippen molar-refractivity contribution < 1.29 is 48.5 Å². The van der Waals surface area contributed by atoms with Gasteiger partial charge in [0.05, 0.1) is 13.2 Å². The van der Waals surface area contributed by atoms with Crippen LogP contribution in [0.4, 0.5) is 0 Å². The van der Waals surface area contributed by atoms with E-state index in [1.165, 1.54) is 19.1 Å². The Morgan fingerprint density at radius 1 is 1.26 bits per heavy atom. The lowest BCUT2D eigenvalue weighted by atomic mass is 10.2. The summed E-state index contributed by atoms with van der Waals surface area (Å²) in [6, 6.07) is 5.98. The Labute approximate surface area is 131 Å². The van der Waals surface area contributed by atoms with Crippen LogP contribution in [0.15, 0.2) is 24.3 Å². The highest BCUT2D eigenvalue weighted by atomic mass is 31.2. The minimum atomic E-state index is -4.50. The molecule has 11 heteroatoms. The average Bonchev–Trinajstić information content (AvgIpc) is 2.44. The van der Waals surface area contributed by atoms with E-state index in [9.17, 15) is 14.2 Å². The molecular weight excluding hydrogens is 335 g/mol. The molecule has 0 bridgehead atoms. The van der Waals surface area contributed by atoms with Crippen molar-refractivity contribution in [2.75, 3.05) is 13.2 Å². The first-order valence-electron chi connectivity index (χ1n) is 6.06. The second-order valence-electron chi connectivity index (χ2n) is 4.02. The molecule has 0 radical (unpaired) electrons. The highest BCUT2D eigenvalue weighted by molar-refractivity contribution is 7.46. The lowest BCUT2D eigenvalue weighted by Gasteiger charge is -2.07. The number of benzene rings is 1. The number of aromatic carboxylic acids is 1. The molecule has 0 aliphatic carbocycles. The van der Waals surface area contributed by atoms with Crippen LogP contribution in [0.1, 0.15) is 17.3 Å². The summed E-state index contributed by atoms with van der Waals surface area (Å²) >= 11 is 0. The number of hydrogen-bond acceptors (Lipinski definition) is 7. The van der Waals surface area contributed by atoms with Crippen molar-refractivity contribution in [1.82, 2.24) is 0 Å². The summed E-state index contributed by atoms with van der Waals surface area (Å²) in [7, 11) is -4.50. The first-order valence-corrected chi connectivity index (χ1v) is 7.59. The molecule has 1 aromatic rings. The summed E-state index contributed by atoms with van der Waals surface area (Å²) in [5.41, 5.74) is -0.0160. The second kappa shape index (κ2) is 10.1. The van der Waals surface area contributed by atoms with Crippen LogP contribution in [-0.4, -0.2) is 56.4 Å². The third kappa shape index (κ3) is 10.5. The van der Waals surface area contributed by atoms with Crippen molar-refractivity contribution in [1.29, 1.82) is 0 Å². The van der Waals surface area contributed by atoms with Crippen LogP contribution in [0.25, 0.3) is 0 Å². The summed E-state index contributed by atoms with van der Waals surface area (Å²) in [4.78, 5) is 37.3. The number of carboxylic acids is 1. The first-order chi connectivity index (χ1) is 10.6. The normalized spacial score (nSPS) is 11.9. The molecule has 0 saturated heterocycles. The fourth-order valence-corrected chi connectivity index (χ4v) is 1.49. The second-order valence-corrected chi connectivity index (χ2v) is 5.26. The SMILES string of the molecule is CC(=O)Oc1ccccc1C(=O)O.O=P(O)(O)OCC(O)CO. The van der Waals surface area contributed by atoms with Gasteiger partial charge in [0.25, 0.3) is 0 Å². The molecule has 5 N–H and O–H groups in total. The summed E-state index contributed by atoms with van der Waals surface area (Å²) in [5.74, 6) is -1.58. The molecule has 0 aromatic heterocycles. The van der Waals surface area contributed by atoms with Gasteiger partial charge in [-0.05, 0) is 12.1 Å². The van der Waals surface area contributed by atoms with Crippen molar-refractivity contribution in [3.05, 3.63) is 29.8 Å². The predicted octanol–water partition coefficient (Wildman–Crippen LogP) is -0.241. The van der Waals surface area contributed by atoms with E-state index in [1.807, 2.05) is 0 Å². The topological polar surface area (TPSA) is 171 Å². The van der Waals surface area contributed by atoms with Gasteiger partial charge in [0, 0.05) is 6.92 Å². The lowest BCUT2D eigenvalue weighted by molar-refractivity contribution is -0.131. The quantitative estimate of drug-likeness (QED) is 0.261. The van der Waals surface area contributed by atoms with E-state index in [4.69, 9.17) is 25.1 Å². The fraction of sp³-hybridized carbons (Fsp3) is 0.333. The van der Waals surface area contributed by atoms with Crippen LogP contribution in [0.2, 0.25) is 0 Å². The molecule has 0 saturated carbocycles. The van der Waals surface area contributed by atoms with E-state index in [2.05, 4.69) is 9.26 Å². The Morgan fingerprint density at radius 3 is 2.26 bits per heavy atom. The monoisotopic (exact) mass is 352 g/mol. The van der Waals surface area contributed by atoms with Gasteiger partial charge in [-0.25, -0.2) is 9.36 Å². The van der Waals surface area contributed by atoms with Gasteiger partial charge in [-0.1, -0.05) is 12.1 Å². The molecule has 0 spiro atoms. The number of phosphoric acid groups is 1. The number of esters is 1. The highest BCUT2D eigenvalue weighted by Crippen LogP contribution is 2.35. The number of hydrogen-bond donors (Lipinski definition) is 5. The first kappa shape index (κ1) is 21.2. The Kier molecular flexibility index (Phi) is 9.27. The molecular formula is C12H17O10P. The molecule has 130 valence electrons. The number of carbonyl (C=O) groups excluding carboxylic acids is 1. The molecule has 10 nitrogen and oxygen atoms in total. The number of rotatable bonds is 6. The number of aliphatic hydroxyl groups is 2. The fourth-order valence-electron chi connectivity index (χ4n) is 1.12. The number of ether oxygens (including phenoxy) is 1. The van der Waals surface area contributed by atoms with E-state index in [1.54, 1.807) is 12.1 Å². The third-order valence-corrected chi connectivity index (χ3v) is 2.50. The van der Waals surface area contributed by atoms with Gasteiger partial charge in [0.1, 0.15) is 17.4 Å². The van der Waals surface area contributed by atoms with Crippen molar-refractivity contribution in [3.63, 3.8) is 0 Å². The zero-order valence-electron chi connectivity index (χ0n) is 12.0. The molecule has 0 aliphatic rings. The van der Waals surface area contributed by atoms with Crippen molar-refractivity contribution in [3.8, 4) is 5.75 Å². The smallest absolute Gasteiger partial charge is 0.469 e. The maximum absolute atomic E-state index is 10.6. The van der Waals surface area contributed by atoms with Crippen LogP contribution < -0.4 is 4.74 Å². The van der Waals surface area contributed by atoms with Gasteiger partial charge in [-0.15, -0.1) is 0 Å². The lowest BCUT2D eigenvalue weighted by Crippen LogP contribution is -2.18. The minimum absolute atomic E-state index is 0.0160. The van der Waals surface area contributed by atoms with Gasteiger partial charge >= 0.3 is 19.8 Å². The average molecular weight is 352 g/mol. The molecule has 23 heavy (non-hydrogen) atoms. The highest BCUT2D eigenvalue weighted by Gasteiger charge is 2.15. The summed E-state index contributed by atoms with van der Waals surface area (Å²) in [5, 5.41) is 25.3. The summed E-state index contributed by atoms with van der Waals surface area (Å²) in [6.07, 6.45) is -1.24. The molecule has 0 heterocycles. The van der Waals surface area contributed by atoms with E-state index in [0.717, 1.165) is 0 Å². The standard InChI is InChI=1S/C9H8O4.C3H9O6P/c1-6(10)13-8-5-3-2-4-7(8)9(11)12;4-1-3(5)2-9-10(6,7)8/h2-5H,1H3,(H,11,12);3-5H,1-2H2,(H2,6,7,8). The zero-order valence-corrected chi connectivity index (χ0v) is 12.9. The molecule has 0 aliphatic heterocycles. The Bertz CT molecular complexity index is 567. The van der Waals surface area contributed by atoms with E-state index < -0.39 is 39.1 Å². The Morgan fingerprint density at radius 2 is 1.83 bits per heavy atom. The van der Waals surface area contributed by atoms with Crippen molar-refractivity contribution >= 4 is 19.8 Å². The van der Waals surface area contributed by atoms with Crippen molar-refractivity contribution in [2.24, 2.45) is 0 Å². The summed E-state index contributed by atoms with van der Waals surface area (Å²) < 4.78 is 18.5. The third-order valence-electron chi connectivity index (χ3n) is 2.02. The number of aliphatic hydroxyl groups excluding tert-OH is 2. The molecule has 1 aromatic carbocycles. The number of phosphoric ester groups is 1. The molecule has 0 amide bonds. The number of carboxylic acid groups (broad SMARTS) is 1. The molecule has 1 atom stereocenters. The maximum atomic E-state index is 10.6. The Hall–Kier alpha value is -1.81. The van der Waals surface area contributed by atoms with Gasteiger partial charge in [-0.2, -0.15) is 0 Å². The van der Waals surface area contributed by atoms with Crippen LogP contribution in [0, 0.1) is 0 Å². The predicted molar refractivity (Wildman–Crippen MR) is 75.8 cm³/mol. The van der Waals surface area contributed by atoms with Crippen LogP contribution in [-0.2, 0) is 13.9 Å². The van der Waals surface area contributed by atoms with Gasteiger partial charge < -0.3 is 29.8 Å². The number of carbonyl (C=O) groups is 2. The zero-order chi connectivity index (χ0) is 18.0. The number of para-hydroxylation sites is 1. The van der Waals surface area contributed by atoms with Crippen LogP contribution >= 0.6 is 7.82 Å². The largest absolute Gasteiger partial charge is 0.478 e. The van der Waals surface area contributed by atoms with Gasteiger partial charge in [-0.3, -0.25) is 9.32 Å². The minimum Gasteiger partial charge on any atom is -0.478 e. The summed E-state index contributed by atoms with van der Waals surface area (Å²) in [6.45, 7) is 0.0689. The van der Waals surface area contributed by atoms with Crippen LogP contribution in [0.5, 0.6) is 5.75 Å². The maximum Gasteiger partial charge on any atom is 0.469 e. The Balaban J connectivity index is 0.000000438. The van der Waals surface area contributed by atoms with E-state index in [0.29, 0.717) is 0 Å². The van der Waals surface area contributed by atoms with Crippen LogP contribution in [0.3, 0.4) is 0 Å². The van der Waals surface area contributed by atoms with E-state index in [-0.39, 0.29) is 11.3 Å². The van der Waals surface area contributed by atoms with Gasteiger partial charge in [0.2, 0.25) is 0 Å². The van der Waals surface area contributed by atoms with Gasteiger partial charge in [0.15, 0.2) is 0 Å². The van der Waals surface area contributed by atoms with E-state index >= 15 is 0 Å². The van der Waals surface area contributed by atoms with Crippen molar-refractivity contribution in [2.45, 2.75) is 13.0 Å². The molecule has 1 rings (SSSR count). The molecule has 0 fully saturated rings. The molecule has 1 unspecified atom stereocenters.